The number of hydrogen-bond acceptors (Lipinski definition) is 5. The maximum atomic E-state index is 11.0. The van der Waals surface area contributed by atoms with E-state index in [4.69, 9.17) is 9.84 Å². The van der Waals surface area contributed by atoms with Crippen LogP contribution in [0.1, 0.15) is 35.1 Å². The normalized spacial score (nSPS) is 17.0. The third-order valence-corrected chi connectivity index (χ3v) is 3.36. The van der Waals surface area contributed by atoms with Gasteiger partial charge in [-0.3, -0.25) is 0 Å². The maximum Gasteiger partial charge on any atom is 0.354 e. The average molecular weight is 254 g/mol. The number of rotatable bonds is 3. The molecule has 0 aromatic carbocycles. The van der Waals surface area contributed by atoms with Crippen LogP contribution in [0.15, 0.2) is 11.1 Å². The van der Waals surface area contributed by atoms with Gasteiger partial charge in [0.25, 0.3) is 0 Å². The van der Waals surface area contributed by atoms with Crippen molar-refractivity contribution < 1.29 is 14.6 Å². The second-order valence-corrected chi connectivity index (χ2v) is 4.67. The van der Waals surface area contributed by atoms with E-state index >= 15 is 0 Å². The van der Waals surface area contributed by atoms with E-state index in [1.165, 1.54) is 17.8 Å². The van der Waals surface area contributed by atoms with Crippen molar-refractivity contribution in [3.8, 4) is 0 Å². The predicted octanol–water partition coefficient (Wildman–Crippen LogP) is 1.79. The highest BCUT2D eigenvalue weighted by Gasteiger charge is 2.21. The van der Waals surface area contributed by atoms with Gasteiger partial charge in [0.15, 0.2) is 5.69 Å². The maximum absolute atomic E-state index is 11.0. The Kier molecular flexibility index (Phi) is 3.96. The standard InChI is InChI=1S/C11H14N2O3S/c1-17-9-6-8(11(14)15)12-10(13-9)7-2-4-16-5-3-7/h6-7H,2-5H2,1H3,(H,14,15). The summed E-state index contributed by atoms with van der Waals surface area (Å²) >= 11 is 1.43. The summed E-state index contributed by atoms with van der Waals surface area (Å²) in [6.07, 6.45) is 3.59. The van der Waals surface area contributed by atoms with Crippen molar-refractivity contribution in [1.29, 1.82) is 0 Å². The molecule has 1 aromatic rings. The average Bonchev–Trinajstić information content (AvgIpc) is 2.39. The molecule has 0 unspecified atom stereocenters. The first-order valence-corrected chi connectivity index (χ1v) is 6.67. The SMILES string of the molecule is CSc1cc(C(=O)O)nc(C2CCOCC2)n1. The molecule has 0 saturated carbocycles. The van der Waals surface area contributed by atoms with Gasteiger partial charge in [-0.15, -0.1) is 11.8 Å². The van der Waals surface area contributed by atoms with Crippen molar-refractivity contribution in [3.63, 3.8) is 0 Å². The second kappa shape index (κ2) is 5.46. The fourth-order valence-corrected chi connectivity index (χ4v) is 2.21. The minimum absolute atomic E-state index is 0.0749. The highest BCUT2D eigenvalue weighted by Crippen LogP contribution is 2.26. The van der Waals surface area contributed by atoms with Crippen molar-refractivity contribution in [2.75, 3.05) is 19.5 Å². The Morgan fingerprint density at radius 1 is 1.47 bits per heavy atom. The van der Waals surface area contributed by atoms with Crippen LogP contribution >= 0.6 is 11.8 Å². The van der Waals surface area contributed by atoms with E-state index in [2.05, 4.69) is 9.97 Å². The molecule has 1 fully saturated rings. The molecule has 5 nitrogen and oxygen atoms in total. The fourth-order valence-electron chi connectivity index (χ4n) is 1.80. The van der Waals surface area contributed by atoms with Gasteiger partial charge in [0.2, 0.25) is 0 Å². The van der Waals surface area contributed by atoms with E-state index in [9.17, 15) is 4.79 Å². The lowest BCUT2D eigenvalue weighted by Crippen LogP contribution is -2.18. The van der Waals surface area contributed by atoms with Crippen LogP contribution in [-0.4, -0.2) is 40.5 Å². The Bertz CT molecular complexity index is 419. The first-order valence-electron chi connectivity index (χ1n) is 5.44. The zero-order chi connectivity index (χ0) is 12.3. The molecule has 1 aliphatic rings. The summed E-state index contributed by atoms with van der Waals surface area (Å²) in [7, 11) is 0. The monoisotopic (exact) mass is 254 g/mol. The van der Waals surface area contributed by atoms with Crippen LogP contribution in [0, 0.1) is 0 Å². The van der Waals surface area contributed by atoms with Gasteiger partial charge in [-0.25, -0.2) is 14.8 Å². The lowest BCUT2D eigenvalue weighted by molar-refractivity contribution is 0.0687. The quantitative estimate of drug-likeness (QED) is 0.655. The van der Waals surface area contributed by atoms with Crippen molar-refractivity contribution in [2.45, 2.75) is 23.8 Å². The first kappa shape index (κ1) is 12.3. The number of carbonyl (C=O) groups is 1. The number of carboxylic acid groups (broad SMARTS) is 1. The molecular weight excluding hydrogens is 240 g/mol. The zero-order valence-electron chi connectivity index (χ0n) is 9.55. The molecule has 0 spiro atoms. The summed E-state index contributed by atoms with van der Waals surface area (Å²) in [5.41, 5.74) is 0.0749. The Hall–Kier alpha value is -1.14. The van der Waals surface area contributed by atoms with Gasteiger partial charge in [-0.1, -0.05) is 0 Å². The fraction of sp³-hybridized carbons (Fsp3) is 0.545. The Morgan fingerprint density at radius 3 is 2.76 bits per heavy atom. The molecule has 92 valence electrons. The van der Waals surface area contributed by atoms with Crippen LogP contribution in [0.3, 0.4) is 0 Å². The number of hydrogen-bond donors (Lipinski definition) is 1. The summed E-state index contributed by atoms with van der Waals surface area (Å²) in [4.78, 5) is 19.5. The van der Waals surface area contributed by atoms with E-state index in [-0.39, 0.29) is 11.6 Å². The summed E-state index contributed by atoms with van der Waals surface area (Å²) < 4.78 is 5.28. The number of aromatic carboxylic acids is 1. The second-order valence-electron chi connectivity index (χ2n) is 3.85. The van der Waals surface area contributed by atoms with Crippen molar-refractivity contribution in [3.05, 3.63) is 17.6 Å². The topological polar surface area (TPSA) is 72.3 Å². The minimum atomic E-state index is -1.00. The van der Waals surface area contributed by atoms with Gasteiger partial charge in [0.1, 0.15) is 10.9 Å². The van der Waals surface area contributed by atoms with Crippen molar-refractivity contribution in [2.24, 2.45) is 0 Å². The number of ether oxygens (including phenoxy) is 1. The summed E-state index contributed by atoms with van der Waals surface area (Å²) in [5, 5.41) is 9.71. The largest absolute Gasteiger partial charge is 0.477 e. The van der Waals surface area contributed by atoms with Crippen LogP contribution in [0.2, 0.25) is 0 Å². The zero-order valence-corrected chi connectivity index (χ0v) is 10.4. The van der Waals surface area contributed by atoms with Crippen LogP contribution in [-0.2, 0) is 4.74 Å². The van der Waals surface area contributed by atoms with Gasteiger partial charge in [0, 0.05) is 25.2 Å². The molecule has 2 rings (SSSR count). The van der Waals surface area contributed by atoms with E-state index in [0.29, 0.717) is 24.1 Å². The third-order valence-electron chi connectivity index (χ3n) is 2.73. The molecule has 1 aliphatic heterocycles. The molecule has 0 radical (unpaired) electrons. The lowest BCUT2D eigenvalue weighted by Gasteiger charge is -2.21. The molecule has 0 bridgehead atoms. The van der Waals surface area contributed by atoms with E-state index in [1.807, 2.05) is 6.26 Å². The number of nitrogens with zero attached hydrogens (tertiary/aromatic N) is 2. The number of carboxylic acids is 1. The van der Waals surface area contributed by atoms with Crippen LogP contribution in [0.5, 0.6) is 0 Å². The van der Waals surface area contributed by atoms with Gasteiger partial charge < -0.3 is 9.84 Å². The summed E-state index contributed by atoms with van der Waals surface area (Å²) in [6, 6.07) is 1.51. The first-order chi connectivity index (χ1) is 8.20. The third kappa shape index (κ3) is 2.95. The highest BCUT2D eigenvalue weighted by molar-refractivity contribution is 7.98. The van der Waals surface area contributed by atoms with Crippen molar-refractivity contribution in [1.82, 2.24) is 9.97 Å². The molecule has 0 amide bonds. The van der Waals surface area contributed by atoms with Gasteiger partial charge in [-0.05, 0) is 19.1 Å². The summed E-state index contributed by atoms with van der Waals surface area (Å²) in [5.74, 6) is -0.150. The smallest absolute Gasteiger partial charge is 0.354 e. The van der Waals surface area contributed by atoms with E-state index in [1.54, 1.807) is 0 Å². The number of aromatic nitrogens is 2. The molecule has 2 heterocycles. The Morgan fingerprint density at radius 2 is 2.18 bits per heavy atom. The number of thioether (sulfide) groups is 1. The molecule has 1 aromatic heterocycles. The molecule has 1 N–H and O–H groups in total. The molecule has 0 atom stereocenters. The van der Waals surface area contributed by atoms with Crippen LogP contribution in [0.4, 0.5) is 0 Å². The van der Waals surface area contributed by atoms with E-state index < -0.39 is 5.97 Å². The highest BCUT2D eigenvalue weighted by atomic mass is 32.2. The van der Waals surface area contributed by atoms with Crippen molar-refractivity contribution >= 4 is 17.7 Å². The van der Waals surface area contributed by atoms with E-state index in [0.717, 1.165) is 12.8 Å². The molecule has 0 aliphatic carbocycles. The molecular formula is C11H14N2O3S. The summed E-state index contributed by atoms with van der Waals surface area (Å²) in [6.45, 7) is 1.39. The molecule has 17 heavy (non-hydrogen) atoms. The molecule has 6 heteroatoms. The Labute approximate surface area is 104 Å². The van der Waals surface area contributed by atoms with Crippen LogP contribution in [0.25, 0.3) is 0 Å². The van der Waals surface area contributed by atoms with Gasteiger partial charge in [-0.2, -0.15) is 0 Å². The van der Waals surface area contributed by atoms with Gasteiger partial charge >= 0.3 is 5.97 Å². The molecule has 1 saturated heterocycles. The van der Waals surface area contributed by atoms with Gasteiger partial charge in [0.05, 0.1) is 0 Å². The lowest BCUT2D eigenvalue weighted by atomic mass is 9.99. The minimum Gasteiger partial charge on any atom is -0.477 e. The van der Waals surface area contributed by atoms with Crippen LogP contribution < -0.4 is 0 Å². The Balaban J connectivity index is 2.31. The predicted molar refractivity (Wildman–Crippen MR) is 63.6 cm³/mol.